The summed E-state index contributed by atoms with van der Waals surface area (Å²) in [5.41, 5.74) is 4.26. The lowest BCUT2D eigenvalue weighted by atomic mass is 10.1. The Kier molecular flexibility index (Phi) is 7.30. The highest BCUT2D eigenvalue weighted by Gasteiger charge is 2.17. The van der Waals surface area contributed by atoms with Gasteiger partial charge in [-0.3, -0.25) is 0 Å². The summed E-state index contributed by atoms with van der Waals surface area (Å²) in [5.74, 6) is 0.287. The quantitative estimate of drug-likeness (QED) is 0.500. The molecule has 0 radical (unpaired) electrons. The normalized spacial score (nSPS) is 11.1. The minimum absolute atomic E-state index is 0.132. The molecule has 0 bridgehead atoms. The maximum atomic E-state index is 11.9. The van der Waals surface area contributed by atoms with Crippen LogP contribution in [0.15, 0.2) is 54.6 Å². The Morgan fingerprint density at radius 1 is 1.03 bits per heavy atom. The van der Waals surface area contributed by atoms with E-state index in [1.165, 1.54) is 0 Å². The maximum absolute atomic E-state index is 11.9. The minimum Gasteiger partial charge on any atom is -0.442 e. The number of rotatable bonds is 6. The van der Waals surface area contributed by atoms with E-state index in [2.05, 4.69) is 30.4 Å². The SMILES string of the molecule is CCc1cc2ccccc2c(Nc2ccc(CCC(=O)ONC(=O)OC(C)(C)C)cc2)n1. The highest BCUT2D eigenvalue weighted by atomic mass is 16.7. The number of hydrogen-bond donors (Lipinski definition) is 2. The van der Waals surface area contributed by atoms with Gasteiger partial charge in [-0.05, 0) is 62.8 Å². The summed E-state index contributed by atoms with van der Waals surface area (Å²) in [7, 11) is 0. The van der Waals surface area contributed by atoms with Crippen LogP contribution in [0.3, 0.4) is 0 Å². The van der Waals surface area contributed by atoms with Crippen LogP contribution in [0.4, 0.5) is 16.3 Å². The highest BCUT2D eigenvalue weighted by molar-refractivity contribution is 5.93. The van der Waals surface area contributed by atoms with Crippen molar-refractivity contribution in [2.24, 2.45) is 0 Å². The Bertz CT molecular complexity index is 1090. The van der Waals surface area contributed by atoms with Gasteiger partial charge < -0.3 is 14.9 Å². The molecule has 3 rings (SSSR count). The van der Waals surface area contributed by atoms with E-state index in [0.29, 0.717) is 6.42 Å². The van der Waals surface area contributed by atoms with Gasteiger partial charge in [0.1, 0.15) is 11.4 Å². The van der Waals surface area contributed by atoms with Gasteiger partial charge in [0.25, 0.3) is 0 Å². The third-order valence-electron chi connectivity index (χ3n) is 4.64. The molecule has 0 unspecified atom stereocenters. The maximum Gasteiger partial charge on any atom is 0.441 e. The molecule has 2 N–H and O–H groups in total. The van der Waals surface area contributed by atoms with Crippen LogP contribution in [-0.4, -0.2) is 22.6 Å². The summed E-state index contributed by atoms with van der Waals surface area (Å²) >= 11 is 0. The highest BCUT2D eigenvalue weighted by Crippen LogP contribution is 2.26. The topological polar surface area (TPSA) is 89.6 Å². The molecule has 0 atom stereocenters. The first-order chi connectivity index (χ1) is 15.2. The van der Waals surface area contributed by atoms with E-state index in [-0.39, 0.29) is 6.42 Å². The number of carbonyl (C=O) groups is 2. The molecule has 7 heteroatoms. The zero-order chi connectivity index (χ0) is 23.1. The molecule has 0 aliphatic carbocycles. The summed E-state index contributed by atoms with van der Waals surface area (Å²) in [6.07, 6.45) is 0.682. The molecule has 0 fully saturated rings. The standard InChI is InChI=1S/C25H29N3O4/c1-5-19-16-18-8-6-7-9-21(18)23(26-19)27-20-13-10-17(11-14-20)12-15-22(29)32-28-24(30)31-25(2,3)4/h6-11,13-14,16H,5,12,15H2,1-4H3,(H,26,27)(H,28,30). The zero-order valence-corrected chi connectivity index (χ0v) is 18.9. The van der Waals surface area contributed by atoms with Crippen molar-refractivity contribution in [3.05, 3.63) is 65.9 Å². The molecule has 1 aromatic heterocycles. The molecule has 0 saturated heterocycles. The van der Waals surface area contributed by atoms with Crippen molar-refractivity contribution in [3.8, 4) is 0 Å². The summed E-state index contributed by atoms with van der Waals surface area (Å²) < 4.78 is 5.01. The lowest BCUT2D eigenvalue weighted by Gasteiger charge is -2.19. The number of nitrogens with one attached hydrogen (secondary N) is 2. The second-order valence-corrected chi connectivity index (χ2v) is 8.44. The lowest BCUT2D eigenvalue weighted by Crippen LogP contribution is -2.34. The van der Waals surface area contributed by atoms with Gasteiger partial charge in [0.05, 0.1) is 6.42 Å². The average molecular weight is 436 g/mol. The van der Waals surface area contributed by atoms with Gasteiger partial charge in [0.15, 0.2) is 0 Å². The molecule has 3 aromatic rings. The Balaban J connectivity index is 1.55. The van der Waals surface area contributed by atoms with E-state index in [0.717, 1.165) is 40.0 Å². The number of carbonyl (C=O) groups excluding carboxylic acids is 2. The molecule has 0 aliphatic rings. The summed E-state index contributed by atoms with van der Waals surface area (Å²) in [4.78, 5) is 32.9. The van der Waals surface area contributed by atoms with Crippen molar-refractivity contribution < 1.29 is 19.2 Å². The van der Waals surface area contributed by atoms with E-state index in [4.69, 9.17) is 14.6 Å². The fraction of sp³-hybridized carbons (Fsp3) is 0.320. The van der Waals surface area contributed by atoms with E-state index in [9.17, 15) is 9.59 Å². The second kappa shape index (κ2) is 10.1. The molecule has 2 aromatic carbocycles. The van der Waals surface area contributed by atoms with Crippen molar-refractivity contribution in [1.82, 2.24) is 10.5 Å². The Morgan fingerprint density at radius 3 is 2.44 bits per heavy atom. The predicted molar refractivity (Wildman–Crippen MR) is 125 cm³/mol. The number of aromatic nitrogens is 1. The van der Waals surface area contributed by atoms with Crippen LogP contribution in [0.5, 0.6) is 0 Å². The van der Waals surface area contributed by atoms with Crippen LogP contribution in [0.25, 0.3) is 10.8 Å². The Morgan fingerprint density at radius 2 is 1.75 bits per heavy atom. The second-order valence-electron chi connectivity index (χ2n) is 8.44. The molecule has 0 spiro atoms. The first kappa shape index (κ1) is 23.1. The smallest absolute Gasteiger partial charge is 0.441 e. The molecule has 168 valence electrons. The van der Waals surface area contributed by atoms with Crippen molar-refractivity contribution in [2.45, 2.75) is 52.6 Å². The van der Waals surface area contributed by atoms with E-state index >= 15 is 0 Å². The first-order valence-corrected chi connectivity index (χ1v) is 10.7. The third kappa shape index (κ3) is 6.70. The Labute approximate surface area is 188 Å². The molecule has 0 saturated carbocycles. The summed E-state index contributed by atoms with van der Waals surface area (Å²) in [5, 5.41) is 5.61. The van der Waals surface area contributed by atoms with Crippen LogP contribution < -0.4 is 10.8 Å². The van der Waals surface area contributed by atoms with Crippen molar-refractivity contribution in [2.75, 3.05) is 5.32 Å². The molecule has 32 heavy (non-hydrogen) atoms. The fourth-order valence-corrected chi connectivity index (χ4v) is 3.12. The molecule has 1 amide bonds. The number of ether oxygens (including phenoxy) is 1. The number of nitrogens with zero attached hydrogens (tertiary/aromatic N) is 1. The zero-order valence-electron chi connectivity index (χ0n) is 18.9. The molecule has 0 aliphatic heterocycles. The van der Waals surface area contributed by atoms with Crippen molar-refractivity contribution in [1.29, 1.82) is 0 Å². The van der Waals surface area contributed by atoms with E-state index in [1.807, 2.05) is 41.9 Å². The summed E-state index contributed by atoms with van der Waals surface area (Å²) in [6.45, 7) is 7.27. The number of aryl methyl sites for hydroxylation is 2. The number of amides is 1. The van der Waals surface area contributed by atoms with Gasteiger partial charge in [-0.15, -0.1) is 5.48 Å². The van der Waals surface area contributed by atoms with E-state index < -0.39 is 17.7 Å². The van der Waals surface area contributed by atoms with Crippen LogP contribution >= 0.6 is 0 Å². The summed E-state index contributed by atoms with van der Waals surface area (Å²) in [6, 6.07) is 18.1. The molecule has 1 heterocycles. The van der Waals surface area contributed by atoms with Gasteiger partial charge in [0, 0.05) is 16.8 Å². The lowest BCUT2D eigenvalue weighted by molar-refractivity contribution is -0.150. The number of anilines is 2. The van der Waals surface area contributed by atoms with Gasteiger partial charge in [-0.2, -0.15) is 0 Å². The van der Waals surface area contributed by atoms with Crippen LogP contribution in [-0.2, 0) is 27.2 Å². The number of hydroxylamine groups is 1. The number of pyridine rings is 1. The predicted octanol–water partition coefficient (Wildman–Crippen LogP) is 5.46. The van der Waals surface area contributed by atoms with Gasteiger partial charge >= 0.3 is 12.1 Å². The number of hydrogen-bond acceptors (Lipinski definition) is 6. The van der Waals surface area contributed by atoms with Gasteiger partial charge in [-0.1, -0.05) is 43.3 Å². The third-order valence-corrected chi connectivity index (χ3v) is 4.64. The van der Waals surface area contributed by atoms with E-state index in [1.54, 1.807) is 20.8 Å². The molecular weight excluding hydrogens is 406 g/mol. The Hall–Kier alpha value is -3.61. The first-order valence-electron chi connectivity index (χ1n) is 10.7. The average Bonchev–Trinajstić information content (AvgIpc) is 2.76. The fourth-order valence-electron chi connectivity index (χ4n) is 3.12. The van der Waals surface area contributed by atoms with Crippen molar-refractivity contribution in [3.63, 3.8) is 0 Å². The number of benzene rings is 2. The van der Waals surface area contributed by atoms with Crippen LogP contribution in [0.1, 0.15) is 45.4 Å². The van der Waals surface area contributed by atoms with Gasteiger partial charge in [0.2, 0.25) is 0 Å². The molecular formula is C25H29N3O4. The monoisotopic (exact) mass is 435 g/mol. The largest absolute Gasteiger partial charge is 0.442 e. The van der Waals surface area contributed by atoms with Crippen molar-refractivity contribution >= 4 is 34.3 Å². The van der Waals surface area contributed by atoms with Crippen LogP contribution in [0, 0.1) is 0 Å². The minimum atomic E-state index is -0.797. The number of fused-ring (bicyclic) bond motifs is 1. The van der Waals surface area contributed by atoms with Crippen LogP contribution in [0.2, 0.25) is 0 Å². The molecule has 7 nitrogen and oxygen atoms in total. The van der Waals surface area contributed by atoms with Gasteiger partial charge in [-0.25, -0.2) is 14.6 Å².